The second kappa shape index (κ2) is 15.7. The largest absolute Gasteiger partial charge is 0.481 e. The zero-order valence-electron chi connectivity index (χ0n) is 27.6. The summed E-state index contributed by atoms with van der Waals surface area (Å²) in [7, 11) is 2.86. The van der Waals surface area contributed by atoms with Crippen LogP contribution < -0.4 is 24.8 Å². The molecule has 49 heavy (non-hydrogen) atoms. The van der Waals surface area contributed by atoms with Gasteiger partial charge in [0.2, 0.25) is 17.6 Å². The van der Waals surface area contributed by atoms with Gasteiger partial charge in [0, 0.05) is 54.6 Å². The molecule has 5 rings (SSSR count). The van der Waals surface area contributed by atoms with E-state index in [2.05, 4.69) is 25.6 Å². The molecular formula is C35H39ClF3N5O5. The Labute approximate surface area is 287 Å². The Bertz CT molecular complexity index is 1770. The van der Waals surface area contributed by atoms with E-state index in [1.54, 1.807) is 32.2 Å². The summed E-state index contributed by atoms with van der Waals surface area (Å²) in [6.07, 6.45) is -4.06. The highest BCUT2D eigenvalue weighted by Crippen LogP contribution is 2.45. The van der Waals surface area contributed by atoms with Crippen LogP contribution in [0.4, 0.5) is 13.2 Å². The predicted molar refractivity (Wildman–Crippen MR) is 179 cm³/mol. The number of benzene rings is 1. The summed E-state index contributed by atoms with van der Waals surface area (Å²) in [6.45, 7) is 4.34. The number of methoxy groups -OCH3 is 2. The van der Waals surface area contributed by atoms with Gasteiger partial charge in [0.1, 0.15) is 11.7 Å². The lowest BCUT2D eigenvalue weighted by molar-refractivity contribution is -0.139. The van der Waals surface area contributed by atoms with Crippen molar-refractivity contribution in [1.82, 2.24) is 25.6 Å². The van der Waals surface area contributed by atoms with Gasteiger partial charge in [-0.15, -0.1) is 0 Å². The molecule has 0 saturated carbocycles. The van der Waals surface area contributed by atoms with E-state index in [1.807, 2.05) is 24.3 Å². The fourth-order valence-electron chi connectivity index (χ4n) is 5.80. The highest BCUT2D eigenvalue weighted by atomic mass is 35.5. The SMILES string of the molecule is COc1nc(-c2ccnc(-c3cccc4c3CC[C@@H]4Oc3nc(OC)c(CNCC(C)O)cc3C(F)(F)F)c2Cl)ccc1CNCC(C)O. The predicted octanol–water partition coefficient (Wildman–Crippen LogP) is 5.90. The Balaban J connectivity index is 1.45. The standard InChI is InChI=1S/C35H39ClF3N5O5/c1-19(45)15-40-17-21-8-10-28(43-32(21)47-3)26-12-13-42-31(30(26)36)25-7-5-6-24-23(25)9-11-29(24)49-34-27(35(37,38)39)14-22(33(44-34)48-4)18-41-16-20(2)46/h5-8,10,12-14,19-20,29,40-41,45-46H,9,11,15-18H2,1-4H3/t19?,20?,29-/m0/s1. The molecule has 3 atom stereocenters. The van der Waals surface area contributed by atoms with Crippen LogP contribution in [0.5, 0.6) is 17.6 Å². The van der Waals surface area contributed by atoms with Crippen molar-refractivity contribution in [3.05, 3.63) is 81.5 Å². The zero-order chi connectivity index (χ0) is 35.3. The normalized spacial score (nSPS) is 15.5. The molecule has 3 aromatic heterocycles. The first-order valence-electron chi connectivity index (χ1n) is 15.8. The molecule has 0 saturated heterocycles. The molecule has 0 aliphatic heterocycles. The van der Waals surface area contributed by atoms with Crippen LogP contribution in [-0.4, -0.2) is 64.7 Å². The van der Waals surface area contributed by atoms with Gasteiger partial charge in [0.05, 0.1) is 42.8 Å². The minimum Gasteiger partial charge on any atom is -0.481 e. The van der Waals surface area contributed by atoms with E-state index in [-0.39, 0.29) is 24.5 Å². The molecule has 4 N–H and O–H groups in total. The summed E-state index contributed by atoms with van der Waals surface area (Å²) in [4.78, 5) is 13.4. The van der Waals surface area contributed by atoms with Gasteiger partial charge in [-0.1, -0.05) is 35.9 Å². The molecule has 0 fully saturated rings. The topological polar surface area (TPSA) is 131 Å². The van der Waals surface area contributed by atoms with E-state index >= 15 is 0 Å². The van der Waals surface area contributed by atoms with Crippen molar-refractivity contribution in [2.45, 2.75) is 64.3 Å². The van der Waals surface area contributed by atoms with E-state index in [1.165, 1.54) is 14.2 Å². The van der Waals surface area contributed by atoms with Crippen molar-refractivity contribution < 1.29 is 37.6 Å². The maximum absolute atomic E-state index is 14.3. The van der Waals surface area contributed by atoms with Crippen molar-refractivity contribution in [3.8, 4) is 40.2 Å². The quantitative estimate of drug-likeness (QED) is 0.126. The second-order valence-electron chi connectivity index (χ2n) is 11.9. The summed E-state index contributed by atoms with van der Waals surface area (Å²) < 4.78 is 59.7. The van der Waals surface area contributed by atoms with Gasteiger partial charge >= 0.3 is 6.18 Å². The van der Waals surface area contributed by atoms with Crippen LogP contribution in [-0.2, 0) is 25.7 Å². The van der Waals surface area contributed by atoms with Crippen LogP contribution in [0.3, 0.4) is 0 Å². The first kappa shape index (κ1) is 36.3. The average molecular weight is 702 g/mol. The van der Waals surface area contributed by atoms with E-state index in [0.29, 0.717) is 59.3 Å². The van der Waals surface area contributed by atoms with Crippen molar-refractivity contribution in [2.75, 3.05) is 27.3 Å². The highest BCUT2D eigenvalue weighted by molar-refractivity contribution is 6.35. The summed E-state index contributed by atoms with van der Waals surface area (Å²) in [5.41, 5.74) is 4.01. The minimum atomic E-state index is -4.74. The first-order valence-corrected chi connectivity index (χ1v) is 16.2. The number of rotatable bonds is 14. The van der Waals surface area contributed by atoms with Crippen molar-refractivity contribution in [3.63, 3.8) is 0 Å². The van der Waals surface area contributed by atoms with E-state index in [9.17, 15) is 23.4 Å². The molecule has 262 valence electrons. The van der Waals surface area contributed by atoms with Crippen molar-refractivity contribution >= 4 is 11.6 Å². The van der Waals surface area contributed by atoms with Crippen LogP contribution in [0.2, 0.25) is 5.02 Å². The number of halogens is 4. The van der Waals surface area contributed by atoms with E-state index < -0.39 is 35.9 Å². The molecule has 0 amide bonds. The summed E-state index contributed by atoms with van der Waals surface area (Å²) >= 11 is 6.99. The fraction of sp³-hybridized carbons (Fsp3) is 0.400. The van der Waals surface area contributed by atoms with Crippen molar-refractivity contribution in [2.24, 2.45) is 0 Å². The summed E-state index contributed by atoms with van der Waals surface area (Å²) in [6, 6.07) is 11.9. The number of aliphatic hydroxyl groups is 2. The Morgan fingerprint density at radius 2 is 1.57 bits per heavy atom. The third-order valence-electron chi connectivity index (χ3n) is 8.06. The molecule has 4 aromatic rings. The number of ether oxygens (including phenoxy) is 3. The molecule has 0 radical (unpaired) electrons. The smallest absolute Gasteiger partial charge is 0.421 e. The van der Waals surface area contributed by atoms with Crippen molar-refractivity contribution in [1.29, 1.82) is 0 Å². The molecule has 3 heterocycles. The molecule has 0 bridgehead atoms. The van der Waals surface area contributed by atoms with Gasteiger partial charge in [-0.25, -0.2) is 4.98 Å². The molecule has 10 nitrogen and oxygen atoms in total. The second-order valence-corrected chi connectivity index (χ2v) is 12.2. The Morgan fingerprint density at radius 1 is 0.898 bits per heavy atom. The van der Waals surface area contributed by atoms with Gasteiger partial charge in [0.15, 0.2) is 0 Å². The lowest BCUT2D eigenvalue weighted by Crippen LogP contribution is -2.24. The first-order chi connectivity index (χ1) is 23.4. The van der Waals surface area contributed by atoms with Gasteiger partial charge < -0.3 is 35.1 Å². The molecular weight excluding hydrogens is 663 g/mol. The highest BCUT2D eigenvalue weighted by Gasteiger charge is 2.38. The number of nitrogens with zero attached hydrogens (tertiary/aromatic N) is 3. The number of fused-ring (bicyclic) bond motifs is 1. The number of aliphatic hydroxyl groups excluding tert-OH is 2. The van der Waals surface area contributed by atoms with Gasteiger partial charge in [-0.2, -0.15) is 18.2 Å². The Hall–Kier alpha value is -4.01. The number of nitrogens with one attached hydrogen (secondary N) is 2. The summed E-state index contributed by atoms with van der Waals surface area (Å²) in [5, 5.41) is 25.5. The molecule has 14 heteroatoms. The molecule has 1 aromatic carbocycles. The van der Waals surface area contributed by atoms with Gasteiger partial charge in [-0.05, 0) is 56.0 Å². The lowest BCUT2D eigenvalue weighted by atomic mass is 9.98. The molecule has 1 aliphatic rings. The van der Waals surface area contributed by atoms with Crippen LogP contribution >= 0.6 is 11.6 Å². The fourth-order valence-corrected chi connectivity index (χ4v) is 6.12. The third-order valence-corrected chi connectivity index (χ3v) is 8.44. The Kier molecular flexibility index (Phi) is 11.6. The summed E-state index contributed by atoms with van der Waals surface area (Å²) in [5.74, 6) is -0.164. The third kappa shape index (κ3) is 8.42. The minimum absolute atomic E-state index is 0.00449. The van der Waals surface area contributed by atoms with Crippen LogP contribution in [0.15, 0.2) is 48.7 Å². The lowest BCUT2D eigenvalue weighted by Gasteiger charge is -2.21. The number of alkyl halides is 3. The number of pyridine rings is 3. The number of hydrogen-bond donors (Lipinski definition) is 4. The molecule has 0 spiro atoms. The average Bonchev–Trinajstić information content (AvgIpc) is 3.47. The van der Waals surface area contributed by atoms with Gasteiger partial charge in [0.25, 0.3) is 0 Å². The number of hydrogen-bond acceptors (Lipinski definition) is 10. The van der Waals surface area contributed by atoms with Crippen LogP contribution in [0.25, 0.3) is 22.5 Å². The van der Waals surface area contributed by atoms with E-state index in [0.717, 1.165) is 22.8 Å². The van der Waals surface area contributed by atoms with E-state index in [4.69, 9.17) is 25.8 Å². The Morgan fingerprint density at radius 3 is 2.22 bits per heavy atom. The monoisotopic (exact) mass is 701 g/mol. The zero-order valence-corrected chi connectivity index (χ0v) is 28.3. The maximum atomic E-state index is 14.3. The molecule has 2 unspecified atom stereocenters. The van der Waals surface area contributed by atoms with Gasteiger partial charge in [-0.3, -0.25) is 4.98 Å². The van der Waals surface area contributed by atoms with Crippen LogP contribution in [0, 0.1) is 0 Å². The maximum Gasteiger partial charge on any atom is 0.421 e. The van der Waals surface area contributed by atoms with Crippen LogP contribution in [0.1, 0.15) is 54.2 Å². The molecule has 1 aliphatic carbocycles. The number of aromatic nitrogens is 3.